The van der Waals surface area contributed by atoms with Crippen molar-refractivity contribution >= 4 is 10.9 Å². The second-order valence-corrected chi connectivity index (χ2v) is 3.34. The first-order chi connectivity index (χ1) is 7.36. The fraction of sp³-hybridized carbons (Fsp3) is 0.273. The molecule has 0 bridgehead atoms. The highest BCUT2D eigenvalue weighted by Gasteiger charge is 2.13. The van der Waals surface area contributed by atoms with Gasteiger partial charge in [0.15, 0.2) is 0 Å². The van der Waals surface area contributed by atoms with Gasteiger partial charge in [-0.2, -0.15) is 0 Å². The van der Waals surface area contributed by atoms with Gasteiger partial charge in [0.05, 0.1) is 24.4 Å². The lowest BCUT2D eigenvalue weighted by molar-refractivity contribution is 0.191. The predicted molar refractivity (Wildman–Crippen MR) is 56.5 cm³/mol. The molecule has 2 aromatic rings. The van der Waals surface area contributed by atoms with Gasteiger partial charge in [0.1, 0.15) is 6.33 Å². The van der Waals surface area contributed by atoms with Crippen LogP contribution < -0.4 is 0 Å². The Hall–Kier alpha value is -1.52. The second kappa shape index (κ2) is 4.33. The van der Waals surface area contributed by atoms with E-state index >= 15 is 0 Å². The molecule has 1 aromatic heterocycles. The van der Waals surface area contributed by atoms with Gasteiger partial charge in [0.25, 0.3) is 0 Å². The average Bonchev–Trinajstić information content (AvgIpc) is 2.31. The van der Waals surface area contributed by atoms with E-state index in [0.29, 0.717) is 5.69 Å². The Balaban J connectivity index is 2.59. The van der Waals surface area contributed by atoms with Crippen LogP contribution in [0.2, 0.25) is 0 Å². The molecule has 2 rings (SSSR count). The summed E-state index contributed by atoms with van der Waals surface area (Å²) in [5.74, 6) is -0.335. The molecule has 0 saturated carbocycles. The monoisotopic (exact) mass is 204 g/mol. The zero-order chi connectivity index (χ0) is 10.7. The van der Waals surface area contributed by atoms with Crippen LogP contribution in [0.1, 0.15) is 11.6 Å². The van der Waals surface area contributed by atoms with Crippen molar-refractivity contribution in [2.75, 3.05) is 13.2 Å². The number of fused-ring (bicyclic) bond motifs is 1. The van der Waals surface area contributed by atoms with E-state index in [0.717, 1.165) is 10.9 Å². The number of hydrogen-bond acceptors (Lipinski definition) is 4. The molecule has 1 heterocycles. The van der Waals surface area contributed by atoms with Gasteiger partial charge < -0.3 is 10.2 Å². The molecule has 0 amide bonds. The topological polar surface area (TPSA) is 66.2 Å². The molecule has 0 fully saturated rings. The fourth-order valence-corrected chi connectivity index (χ4v) is 1.58. The third kappa shape index (κ3) is 1.82. The van der Waals surface area contributed by atoms with Crippen LogP contribution in [0.5, 0.6) is 0 Å². The lowest BCUT2D eigenvalue weighted by Gasteiger charge is -2.11. The molecular formula is C11H12N2O2. The Morgan fingerprint density at radius 2 is 1.80 bits per heavy atom. The maximum absolute atomic E-state index is 9.12. The van der Waals surface area contributed by atoms with E-state index < -0.39 is 0 Å². The zero-order valence-electron chi connectivity index (χ0n) is 8.17. The predicted octanol–water partition coefficient (Wildman–Crippen LogP) is 0.698. The van der Waals surface area contributed by atoms with Crippen LogP contribution in [-0.2, 0) is 0 Å². The summed E-state index contributed by atoms with van der Waals surface area (Å²) in [5.41, 5.74) is 1.53. The van der Waals surface area contributed by atoms with Crippen molar-refractivity contribution in [1.29, 1.82) is 0 Å². The van der Waals surface area contributed by atoms with Crippen molar-refractivity contribution in [2.24, 2.45) is 0 Å². The molecule has 15 heavy (non-hydrogen) atoms. The summed E-state index contributed by atoms with van der Waals surface area (Å²) in [6, 6.07) is 7.56. The maximum atomic E-state index is 9.12. The van der Waals surface area contributed by atoms with Crippen LogP contribution in [0.3, 0.4) is 0 Å². The minimum Gasteiger partial charge on any atom is -0.396 e. The highest BCUT2D eigenvalue weighted by atomic mass is 16.3. The number of hydrogen-bond donors (Lipinski definition) is 2. The zero-order valence-corrected chi connectivity index (χ0v) is 8.17. The molecule has 0 aliphatic carbocycles. The van der Waals surface area contributed by atoms with Gasteiger partial charge in [-0.15, -0.1) is 0 Å². The Morgan fingerprint density at radius 1 is 1.07 bits per heavy atom. The molecule has 4 heteroatoms. The van der Waals surface area contributed by atoms with Crippen molar-refractivity contribution in [3.05, 3.63) is 36.3 Å². The lowest BCUT2D eigenvalue weighted by atomic mass is 10.0. The molecule has 0 unspecified atom stereocenters. The van der Waals surface area contributed by atoms with Crippen LogP contribution in [-0.4, -0.2) is 33.4 Å². The summed E-state index contributed by atoms with van der Waals surface area (Å²) >= 11 is 0. The van der Waals surface area contributed by atoms with E-state index in [9.17, 15) is 0 Å². The summed E-state index contributed by atoms with van der Waals surface area (Å²) in [6.45, 7) is -0.227. The Morgan fingerprint density at radius 3 is 2.53 bits per heavy atom. The van der Waals surface area contributed by atoms with E-state index in [1.807, 2.05) is 24.3 Å². The normalized spacial score (nSPS) is 11.1. The third-order valence-corrected chi connectivity index (χ3v) is 2.40. The summed E-state index contributed by atoms with van der Waals surface area (Å²) in [5, 5.41) is 19.1. The van der Waals surface area contributed by atoms with Crippen molar-refractivity contribution in [3.8, 4) is 0 Å². The minimum atomic E-state index is -0.335. The van der Waals surface area contributed by atoms with Gasteiger partial charge >= 0.3 is 0 Å². The van der Waals surface area contributed by atoms with Crippen molar-refractivity contribution < 1.29 is 10.2 Å². The molecule has 78 valence electrons. The lowest BCUT2D eigenvalue weighted by Crippen LogP contribution is -2.11. The fourth-order valence-electron chi connectivity index (χ4n) is 1.58. The van der Waals surface area contributed by atoms with Crippen molar-refractivity contribution in [2.45, 2.75) is 5.92 Å². The molecule has 0 atom stereocenters. The first-order valence-electron chi connectivity index (χ1n) is 4.78. The number of aromatic nitrogens is 2. The van der Waals surface area contributed by atoms with Crippen LogP contribution >= 0.6 is 0 Å². The summed E-state index contributed by atoms with van der Waals surface area (Å²) in [7, 11) is 0. The van der Waals surface area contributed by atoms with Crippen molar-refractivity contribution in [1.82, 2.24) is 9.97 Å². The maximum Gasteiger partial charge on any atom is 0.116 e. The quantitative estimate of drug-likeness (QED) is 0.772. The molecule has 4 nitrogen and oxygen atoms in total. The largest absolute Gasteiger partial charge is 0.396 e. The molecule has 0 spiro atoms. The standard InChI is InChI=1S/C11H12N2O2/c14-5-8(6-15)11-9-3-1-2-4-10(9)12-7-13-11/h1-4,7-8,14-15H,5-6H2. The number of aliphatic hydroxyl groups is 2. The summed E-state index contributed by atoms with van der Waals surface area (Å²) < 4.78 is 0. The highest BCUT2D eigenvalue weighted by Crippen LogP contribution is 2.21. The van der Waals surface area contributed by atoms with Gasteiger partial charge in [-0.1, -0.05) is 18.2 Å². The van der Waals surface area contributed by atoms with Gasteiger partial charge in [-0.3, -0.25) is 0 Å². The number of rotatable bonds is 3. The first-order valence-corrected chi connectivity index (χ1v) is 4.78. The Labute approximate surface area is 87.2 Å². The highest BCUT2D eigenvalue weighted by molar-refractivity contribution is 5.80. The third-order valence-electron chi connectivity index (χ3n) is 2.40. The van der Waals surface area contributed by atoms with Gasteiger partial charge in [-0.25, -0.2) is 9.97 Å². The van der Waals surface area contributed by atoms with Crippen LogP contribution in [0, 0.1) is 0 Å². The van der Waals surface area contributed by atoms with Crippen LogP contribution in [0.15, 0.2) is 30.6 Å². The van der Waals surface area contributed by atoms with E-state index in [1.54, 1.807) is 0 Å². The van der Waals surface area contributed by atoms with E-state index in [1.165, 1.54) is 6.33 Å². The Kier molecular flexibility index (Phi) is 2.89. The molecule has 0 aliphatic rings. The van der Waals surface area contributed by atoms with E-state index in [2.05, 4.69) is 9.97 Å². The SMILES string of the molecule is OCC(CO)c1ncnc2ccccc12. The number of para-hydroxylation sites is 1. The van der Waals surface area contributed by atoms with E-state index in [4.69, 9.17) is 10.2 Å². The number of aliphatic hydroxyl groups excluding tert-OH is 2. The van der Waals surface area contributed by atoms with E-state index in [-0.39, 0.29) is 19.1 Å². The smallest absolute Gasteiger partial charge is 0.116 e. The molecule has 0 saturated heterocycles. The number of nitrogens with zero attached hydrogens (tertiary/aromatic N) is 2. The Bertz CT molecular complexity index is 450. The molecule has 1 aromatic carbocycles. The molecule has 0 aliphatic heterocycles. The molecule has 2 N–H and O–H groups in total. The minimum absolute atomic E-state index is 0.114. The van der Waals surface area contributed by atoms with Crippen molar-refractivity contribution in [3.63, 3.8) is 0 Å². The summed E-state index contributed by atoms with van der Waals surface area (Å²) in [4.78, 5) is 8.24. The van der Waals surface area contributed by atoms with Gasteiger partial charge in [-0.05, 0) is 6.07 Å². The molecule has 0 radical (unpaired) electrons. The molecular weight excluding hydrogens is 192 g/mol. The second-order valence-electron chi connectivity index (χ2n) is 3.34. The first kappa shape index (κ1) is 10.0. The number of benzene rings is 1. The van der Waals surface area contributed by atoms with Gasteiger partial charge in [0, 0.05) is 11.3 Å². The average molecular weight is 204 g/mol. The van der Waals surface area contributed by atoms with Crippen LogP contribution in [0.25, 0.3) is 10.9 Å². The van der Waals surface area contributed by atoms with Gasteiger partial charge in [0.2, 0.25) is 0 Å². The summed E-state index contributed by atoms with van der Waals surface area (Å²) in [6.07, 6.45) is 1.45. The van der Waals surface area contributed by atoms with Crippen LogP contribution in [0.4, 0.5) is 0 Å².